The van der Waals surface area contributed by atoms with Gasteiger partial charge in [0.1, 0.15) is 0 Å². The van der Waals surface area contributed by atoms with E-state index < -0.39 is 0 Å². The van der Waals surface area contributed by atoms with Crippen molar-refractivity contribution in [3.63, 3.8) is 0 Å². The lowest BCUT2D eigenvalue weighted by atomic mass is 10.2. The molecule has 0 N–H and O–H groups in total. The second-order valence-electron chi connectivity index (χ2n) is 2.72. The fraction of sp³-hybridized carbons (Fsp3) is 0.300. The molecule has 0 aliphatic heterocycles. The number of nitrogens with zero attached hydrogens (tertiary/aromatic N) is 1. The lowest BCUT2D eigenvalue weighted by Gasteiger charge is -2.02. The van der Waals surface area contributed by atoms with Gasteiger partial charge in [0.05, 0.1) is 11.8 Å². The fourth-order valence-electron chi connectivity index (χ4n) is 1.07. The molecule has 0 saturated carbocycles. The second kappa shape index (κ2) is 4.18. The van der Waals surface area contributed by atoms with Crippen molar-refractivity contribution in [1.82, 2.24) is 0 Å². The van der Waals surface area contributed by atoms with Crippen LogP contribution in [0.4, 0.5) is 0 Å². The molecule has 12 heavy (non-hydrogen) atoms. The largest absolute Gasteiger partial charge is 0.197 e. The molecule has 1 aromatic carbocycles. The van der Waals surface area contributed by atoms with Crippen molar-refractivity contribution in [3.05, 3.63) is 29.3 Å². The second-order valence-corrected chi connectivity index (χ2v) is 3.73. The van der Waals surface area contributed by atoms with Gasteiger partial charge in [0, 0.05) is 4.90 Å². The molecule has 0 saturated heterocycles. The summed E-state index contributed by atoms with van der Waals surface area (Å²) in [6.07, 6.45) is 0. The molecule has 0 aliphatic rings. The molecule has 0 aliphatic carbocycles. The molecule has 0 spiro atoms. The third-order valence-corrected chi connectivity index (χ3v) is 2.67. The van der Waals surface area contributed by atoms with Crippen molar-refractivity contribution in [2.75, 3.05) is 5.75 Å². The van der Waals surface area contributed by atoms with Crippen molar-refractivity contribution in [2.45, 2.75) is 18.7 Å². The SMILES string of the molecule is Cc1ccc(SCC#N)c(C)c1. The summed E-state index contributed by atoms with van der Waals surface area (Å²) >= 11 is 1.59. The Bertz CT molecular complexity index is 312. The van der Waals surface area contributed by atoms with Gasteiger partial charge in [-0.1, -0.05) is 17.7 Å². The van der Waals surface area contributed by atoms with E-state index in [9.17, 15) is 0 Å². The highest BCUT2D eigenvalue weighted by Gasteiger charge is 1.97. The maximum atomic E-state index is 8.40. The number of rotatable bonds is 2. The number of aryl methyl sites for hydroxylation is 2. The molecule has 0 atom stereocenters. The Morgan fingerprint density at radius 3 is 2.75 bits per heavy atom. The number of hydrogen-bond donors (Lipinski definition) is 0. The van der Waals surface area contributed by atoms with Gasteiger partial charge in [-0.05, 0) is 25.5 Å². The van der Waals surface area contributed by atoms with Gasteiger partial charge in [-0.15, -0.1) is 11.8 Å². The zero-order valence-electron chi connectivity index (χ0n) is 7.29. The average Bonchev–Trinajstić information content (AvgIpc) is 2.03. The first-order chi connectivity index (χ1) is 5.74. The van der Waals surface area contributed by atoms with E-state index in [1.54, 1.807) is 11.8 Å². The van der Waals surface area contributed by atoms with E-state index in [4.69, 9.17) is 5.26 Å². The van der Waals surface area contributed by atoms with Gasteiger partial charge in [-0.3, -0.25) is 0 Å². The molecule has 0 heterocycles. The highest BCUT2D eigenvalue weighted by Crippen LogP contribution is 2.22. The quantitative estimate of drug-likeness (QED) is 0.648. The zero-order chi connectivity index (χ0) is 8.97. The fourth-order valence-corrected chi connectivity index (χ4v) is 1.74. The van der Waals surface area contributed by atoms with Crippen LogP contribution in [0.15, 0.2) is 23.1 Å². The van der Waals surface area contributed by atoms with Gasteiger partial charge in [0.15, 0.2) is 0 Å². The van der Waals surface area contributed by atoms with Crippen molar-refractivity contribution >= 4 is 11.8 Å². The Labute approximate surface area is 77.4 Å². The standard InChI is InChI=1S/C10H11NS/c1-8-3-4-10(9(2)7-8)12-6-5-11/h3-4,7H,6H2,1-2H3. The van der Waals surface area contributed by atoms with Crippen LogP contribution in [-0.2, 0) is 0 Å². The third-order valence-electron chi connectivity index (χ3n) is 1.62. The molecule has 0 bridgehead atoms. The molecule has 0 unspecified atom stereocenters. The van der Waals surface area contributed by atoms with Gasteiger partial charge in [0.2, 0.25) is 0 Å². The summed E-state index contributed by atoms with van der Waals surface area (Å²) in [4.78, 5) is 1.21. The van der Waals surface area contributed by atoms with Crippen LogP contribution < -0.4 is 0 Å². The summed E-state index contributed by atoms with van der Waals surface area (Å²) in [7, 11) is 0. The van der Waals surface area contributed by atoms with E-state index in [1.807, 2.05) is 0 Å². The van der Waals surface area contributed by atoms with Crippen molar-refractivity contribution in [2.24, 2.45) is 0 Å². The van der Waals surface area contributed by atoms with Gasteiger partial charge in [0.25, 0.3) is 0 Å². The van der Waals surface area contributed by atoms with E-state index in [1.165, 1.54) is 16.0 Å². The first-order valence-electron chi connectivity index (χ1n) is 3.81. The van der Waals surface area contributed by atoms with Crippen LogP contribution >= 0.6 is 11.8 Å². The summed E-state index contributed by atoms with van der Waals surface area (Å²) in [6.45, 7) is 4.15. The Morgan fingerprint density at radius 1 is 1.42 bits per heavy atom. The van der Waals surface area contributed by atoms with E-state index in [2.05, 4.69) is 38.1 Å². The summed E-state index contributed by atoms with van der Waals surface area (Å²) in [5.74, 6) is 0.532. The van der Waals surface area contributed by atoms with Gasteiger partial charge in [-0.25, -0.2) is 0 Å². The number of nitriles is 1. The van der Waals surface area contributed by atoms with Crippen LogP contribution in [0.2, 0.25) is 0 Å². The van der Waals surface area contributed by atoms with E-state index in [-0.39, 0.29) is 0 Å². The molecular formula is C10H11NS. The van der Waals surface area contributed by atoms with Crippen molar-refractivity contribution in [3.8, 4) is 6.07 Å². The molecule has 62 valence electrons. The number of hydrogen-bond acceptors (Lipinski definition) is 2. The Kier molecular flexibility index (Phi) is 3.19. The summed E-state index contributed by atoms with van der Waals surface area (Å²) in [6, 6.07) is 8.41. The molecule has 1 nitrogen and oxygen atoms in total. The first-order valence-corrected chi connectivity index (χ1v) is 4.79. The molecule has 0 fully saturated rings. The summed E-state index contributed by atoms with van der Waals surface area (Å²) < 4.78 is 0. The predicted molar refractivity (Wildman–Crippen MR) is 52.3 cm³/mol. The van der Waals surface area contributed by atoms with E-state index >= 15 is 0 Å². The molecule has 0 aromatic heterocycles. The molecule has 0 amide bonds. The lowest BCUT2D eigenvalue weighted by molar-refractivity contribution is 1.26. The Morgan fingerprint density at radius 2 is 2.17 bits per heavy atom. The molecule has 1 rings (SSSR count). The minimum absolute atomic E-state index is 0.532. The number of thioether (sulfide) groups is 1. The molecular weight excluding hydrogens is 166 g/mol. The highest BCUT2D eigenvalue weighted by atomic mass is 32.2. The zero-order valence-corrected chi connectivity index (χ0v) is 8.11. The molecule has 0 radical (unpaired) electrons. The van der Waals surface area contributed by atoms with Crippen LogP contribution in [0, 0.1) is 25.2 Å². The van der Waals surface area contributed by atoms with Gasteiger partial charge >= 0.3 is 0 Å². The smallest absolute Gasteiger partial charge is 0.0855 e. The summed E-state index contributed by atoms with van der Waals surface area (Å²) in [5, 5.41) is 8.40. The highest BCUT2D eigenvalue weighted by molar-refractivity contribution is 7.99. The Balaban J connectivity index is 2.81. The van der Waals surface area contributed by atoms with E-state index in [0.29, 0.717) is 5.75 Å². The first kappa shape index (κ1) is 9.15. The minimum atomic E-state index is 0.532. The topological polar surface area (TPSA) is 23.8 Å². The predicted octanol–water partition coefficient (Wildman–Crippen LogP) is 2.92. The molecule has 1 aromatic rings. The van der Waals surface area contributed by atoms with Crippen LogP contribution in [0.3, 0.4) is 0 Å². The third kappa shape index (κ3) is 2.28. The normalized spacial score (nSPS) is 9.42. The minimum Gasteiger partial charge on any atom is -0.197 e. The van der Waals surface area contributed by atoms with Gasteiger partial charge in [-0.2, -0.15) is 5.26 Å². The van der Waals surface area contributed by atoms with Crippen molar-refractivity contribution in [1.29, 1.82) is 5.26 Å². The maximum absolute atomic E-state index is 8.40. The van der Waals surface area contributed by atoms with Gasteiger partial charge < -0.3 is 0 Å². The maximum Gasteiger partial charge on any atom is 0.0855 e. The van der Waals surface area contributed by atoms with Crippen LogP contribution in [0.25, 0.3) is 0 Å². The average molecular weight is 177 g/mol. The monoisotopic (exact) mass is 177 g/mol. The van der Waals surface area contributed by atoms with Crippen LogP contribution in [0.5, 0.6) is 0 Å². The summed E-state index contributed by atoms with van der Waals surface area (Å²) in [5.41, 5.74) is 2.53. The molecule has 2 heteroatoms. The number of benzene rings is 1. The lowest BCUT2D eigenvalue weighted by Crippen LogP contribution is -1.82. The van der Waals surface area contributed by atoms with Crippen molar-refractivity contribution < 1.29 is 0 Å². The Hall–Kier alpha value is -0.940. The van der Waals surface area contributed by atoms with E-state index in [0.717, 1.165) is 0 Å². The van der Waals surface area contributed by atoms with Crippen LogP contribution in [0.1, 0.15) is 11.1 Å². The van der Waals surface area contributed by atoms with Crippen LogP contribution in [-0.4, -0.2) is 5.75 Å².